The number of hydrogen-bond donors (Lipinski definition) is 4. The number of aromatic hydroxyl groups is 1. The van der Waals surface area contributed by atoms with Crippen molar-refractivity contribution in [3.8, 4) is 17.2 Å². The molecule has 0 aliphatic carbocycles. The number of urea groups is 1. The molecule has 0 saturated carbocycles. The minimum Gasteiger partial charge on any atom is -0.506 e. The molecule has 4 N–H and O–H groups in total. The molecule has 0 unspecified atom stereocenters. The van der Waals surface area contributed by atoms with Crippen LogP contribution in [0.2, 0.25) is 10.0 Å². The summed E-state index contributed by atoms with van der Waals surface area (Å²) in [5.41, 5.74) is 3.60. The molecule has 1 heterocycles. The van der Waals surface area contributed by atoms with Crippen LogP contribution in [0.1, 0.15) is 24.1 Å². The average molecular weight is 537 g/mol. The zero-order valence-corrected chi connectivity index (χ0v) is 20.9. The molecule has 1 aliphatic heterocycles. The van der Waals surface area contributed by atoms with Crippen LogP contribution in [0, 0.1) is 0 Å². The minimum atomic E-state index is -0.789. The molecule has 1 atom stereocenters. The summed E-state index contributed by atoms with van der Waals surface area (Å²) in [5.74, 6) is -0.931. The van der Waals surface area contributed by atoms with Gasteiger partial charge in [0.15, 0.2) is 18.1 Å². The van der Waals surface area contributed by atoms with E-state index in [0.717, 1.165) is 0 Å². The van der Waals surface area contributed by atoms with Gasteiger partial charge in [-0.05, 0) is 36.8 Å². The van der Waals surface area contributed by atoms with Crippen molar-refractivity contribution in [1.82, 2.24) is 16.1 Å². The van der Waals surface area contributed by atoms with Crippen molar-refractivity contribution in [2.45, 2.75) is 13.0 Å². The summed E-state index contributed by atoms with van der Waals surface area (Å²) in [6, 6.07) is 6.26. The molecular weight excluding hydrogens is 515 g/mol. The van der Waals surface area contributed by atoms with Gasteiger partial charge in [-0.15, -0.1) is 0 Å². The maximum atomic E-state index is 12.3. The van der Waals surface area contributed by atoms with Gasteiger partial charge >= 0.3 is 12.0 Å². The SMILES string of the molecule is COC(=O)C1=C(C)NC(=O)N[C@H]1c1ccc(OCC(=O)N/N=C\c2cc(Cl)cc(Cl)c2O)c(OC)c1. The summed E-state index contributed by atoms with van der Waals surface area (Å²) in [4.78, 5) is 36.4. The van der Waals surface area contributed by atoms with E-state index in [1.54, 1.807) is 19.1 Å². The van der Waals surface area contributed by atoms with E-state index in [0.29, 0.717) is 11.3 Å². The molecule has 0 spiro atoms. The van der Waals surface area contributed by atoms with Crippen LogP contribution >= 0.6 is 23.2 Å². The summed E-state index contributed by atoms with van der Waals surface area (Å²) in [7, 11) is 2.65. The number of nitrogens with one attached hydrogen (secondary N) is 3. The molecule has 190 valence electrons. The number of allylic oxidation sites excluding steroid dienone is 1. The first-order chi connectivity index (χ1) is 17.1. The Bertz CT molecular complexity index is 1260. The first-order valence-corrected chi connectivity index (χ1v) is 11.1. The van der Waals surface area contributed by atoms with Crippen LogP contribution in [0.25, 0.3) is 0 Å². The lowest BCUT2D eigenvalue weighted by molar-refractivity contribution is -0.136. The van der Waals surface area contributed by atoms with Crippen molar-refractivity contribution in [3.63, 3.8) is 0 Å². The number of methoxy groups -OCH3 is 2. The molecule has 2 aromatic carbocycles. The second kappa shape index (κ2) is 11.6. The number of halogens is 2. The molecular formula is C23H22Cl2N4O7. The zero-order chi connectivity index (χ0) is 26.4. The van der Waals surface area contributed by atoms with E-state index in [9.17, 15) is 19.5 Å². The van der Waals surface area contributed by atoms with Gasteiger partial charge in [0.05, 0.1) is 37.1 Å². The fourth-order valence-corrected chi connectivity index (χ4v) is 3.85. The van der Waals surface area contributed by atoms with E-state index >= 15 is 0 Å². The maximum Gasteiger partial charge on any atom is 0.337 e. The van der Waals surface area contributed by atoms with Crippen LogP contribution in [-0.2, 0) is 14.3 Å². The molecule has 3 rings (SSSR count). The summed E-state index contributed by atoms with van der Waals surface area (Å²) < 4.78 is 15.7. The van der Waals surface area contributed by atoms with Crippen molar-refractivity contribution >= 4 is 47.3 Å². The van der Waals surface area contributed by atoms with Crippen LogP contribution in [0.4, 0.5) is 4.79 Å². The normalized spacial score (nSPS) is 15.2. The fraction of sp³-hybridized carbons (Fsp3) is 0.217. The van der Waals surface area contributed by atoms with Crippen molar-refractivity contribution in [3.05, 3.63) is 62.8 Å². The van der Waals surface area contributed by atoms with E-state index in [-0.39, 0.29) is 38.4 Å². The molecule has 11 nitrogen and oxygen atoms in total. The van der Waals surface area contributed by atoms with Crippen LogP contribution in [0.15, 0.2) is 46.7 Å². The molecule has 1 aliphatic rings. The molecule has 13 heteroatoms. The van der Waals surface area contributed by atoms with Gasteiger partial charge in [0.1, 0.15) is 5.75 Å². The molecule has 0 bridgehead atoms. The van der Waals surface area contributed by atoms with Gasteiger partial charge in [-0.3, -0.25) is 4.79 Å². The lowest BCUT2D eigenvalue weighted by Crippen LogP contribution is -2.45. The number of nitrogens with zero attached hydrogens (tertiary/aromatic N) is 1. The number of phenols is 1. The molecule has 3 amide bonds. The molecule has 0 fully saturated rings. The van der Waals surface area contributed by atoms with Crippen molar-refractivity contribution in [2.75, 3.05) is 20.8 Å². The molecule has 36 heavy (non-hydrogen) atoms. The first-order valence-electron chi connectivity index (χ1n) is 10.3. The number of amides is 3. The van der Waals surface area contributed by atoms with Gasteiger partial charge in [0.25, 0.3) is 5.91 Å². The van der Waals surface area contributed by atoms with Gasteiger partial charge in [0, 0.05) is 16.3 Å². The fourth-order valence-electron chi connectivity index (χ4n) is 3.34. The van der Waals surface area contributed by atoms with Gasteiger partial charge < -0.3 is 30.0 Å². The minimum absolute atomic E-state index is 0.0440. The maximum absolute atomic E-state index is 12.3. The Balaban J connectivity index is 1.70. The second-order valence-electron chi connectivity index (χ2n) is 7.38. The summed E-state index contributed by atoms with van der Waals surface area (Å²) in [5, 5.41) is 19.2. The number of phenolic OH excluding ortho intramolecular Hbond substituents is 1. The quantitative estimate of drug-likeness (QED) is 0.230. The lowest BCUT2D eigenvalue weighted by atomic mass is 9.95. The van der Waals surface area contributed by atoms with Crippen molar-refractivity contribution in [2.24, 2.45) is 5.10 Å². The van der Waals surface area contributed by atoms with E-state index in [4.69, 9.17) is 37.4 Å². The number of hydrazone groups is 1. The van der Waals surface area contributed by atoms with Crippen LogP contribution in [0.5, 0.6) is 17.2 Å². The Labute approximate surface area is 216 Å². The predicted molar refractivity (Wildman–Crippen MR) is 131 cm³/mol. The lowest BCUT2D eigenvalue weighted by Gasteiger charge is -2.28. The molecule has 0 saturated heterocycles. The van der Waals surface area contributed by atoms with E-state index in [2.05, 4.69) is 21.2 Å². The average Bonchev–Trinajstić information content (AvgIpc) is 2.84. The third kappa shape index (κ3) is 6.18. The summed E-state index contributed by atoms with van der Waals surface area (Å²) in [6.07, 6.45) is 1.18. The predicted octanol–water partition coefficient (Wildman–Crippen LogP) is 3.04. The van der Waals surface area contributed by atoms with Crippen molar-refractivity contribution < 1.29 is 33.7 Å². The van der Waals surface area contributed by atoms with E-state index < -0.39 is 30.6 Å². The highest BCUT2D eigenvalue weighted by atomic mass is 35.5. The highest BCUT2D eigenvalue weighted by Crippen LogP contribution is 2.34. The second-order valence-corrected chi connectivity index (χ2v) is 8.22. The van der Waals surface area contributed by atoms with Crippen LogP contribution in [-0.4, -0.2) is 50.1 Å². The summed E-state index contributed by atoms with van der Waals surface area (Å²) in [6.45, 7) is 1.18. The highest BCUT2D eigenvalue weighted by Gasteiger charge is 2.32. The number of rotatable bonds is 8. The Morgan fingerprint density at radius 3 is 2.64 bits per heavy atom. The molecule has 0 radical (unpaired) electrons. The number of benzene rings is 2. The van der Waals surface area contributed by atoms with E-state index in [1.807, 2.05) is 0 Å². The molecule has 0 aromatic heterocycles. The van der Waals surface area contributed by atoms with Gasteiger partial charge in [-0.1, -0.05) is 29.3 Å². The van der Waals surface area contributed by atoms with Gasteiger partial charge in [-0.25, -0.2) is 15.0 Å². The number of esters is 1. The third-order valence-electron chi connectivity index (χ3n) is 5.00. The Morgan fingerprint density at radius 1 is 1.19 bits per heavy atom. The monoisotopic (exact) mass is 536 g/mol. The Morgan fingerprint density at radius 2 is 1.94 bits per heavy atom. The largest absolute Gasteiger partial charge is 0.506 e. The Hall–Kier alpha value is -3.96. The van der Waals surface area contributed by atoms with Gasteiger partial charge in [0.2, 0.25) is 0 Å². The highest BCUT2D eigenvalue weighted by molar-refractivity contribution is 6.36. The third-order valence-corrected chi connectivity index (χ3v) is 5.51. The Kier molecular flexibility index (Phi) is 8.62. The molecule has 2 aromatic rings. The van der Waals surface area contributed by atoms with Gasteiger partial charge in [-0.2, -0.15) is 5.10 Å². The zero-order valence-electron chi connectivity index (χ0n) is 19.3. The number of carbonyl (C=O) groups excluding carboxylic acids is 3. The van der Waals surface area contributed by atoms with Crippen molar-refractivity contribution in [1.29, 1.82) is 0 Å². The number of ether oxygens (including phenoxy) is 3. The van der Waals surface area contributed by atoms with Crippen LogP contribution in [0.3, 0.4) is 0 Å². The smallest absolute Gasteiger partial charge is 0.337 e. The topological polar surface area (TPSA) is 148 Å². The standard InChI is InChI=1S/C23H22Cl2N4O7/c1-11-19(22(32)35-3)20(28-23(33)27-11)12-4-5-16(17(7-12)34-2)36-10-18(30)29-26-9-13-6-14(24)8-15(25)21(13)31/h4-9,20,31H,10H2,1-3H3,(H,29,30)(H2,27,28,33)/b26-9-/t20-/m0/s1. The van der Waals surface area contributed by atoms with E-state index in [1.165, 1.54) is 38.6 Å². The number of carbonyl (C=O) groups is 3. The summed E-state index contributed by atoms with van der Waals surface area (Å²) >= 11 is 11.7. The number of hydrogen-bond acceptors (Lipinski definition) is 8. The first kappa shape index (κ1) is 26.6. The van der Waals surface area contributed by atoms with Crippen LogP contribution < -0.4 is 25.5 Å².